The number of rotatable bonds is 4. The number of aryl methyl sites for hydroxylation is 1. The smallest absolute Gasteiger partial charge is 0.394 e. The van der Waals surface area contributed by atoms with Crippen molar-refractivity contribution in [3.8, 4) is 5.75 Å². The Morgan fingerprint density at radius 3 is 2.40 bits per heavy atom. The SMILES string of the molecule is Cc1cc(Cl)ccc1OCCN=C(N)N.O=S(=O)(O)O. The number of nitrogens with zero attached hydrogens (tertiary/aromatic N) is 1. The van der Waals surface area contributed by atoms with Crippen LogP contribution in [-0.4, -0.2) is 36.6 Å². The molecule has 1 aromatic carbocycles. The minimum atomic E-state index is -4.67. The van der Waals surface area contributed by atoms with E-state index in [2.05, 4.69) is 4.99 Å². The largest absolute Gasteiger partial charge is 0.491 e. The predicted molar refractivity (Wildman–Crippen MR) is 76.5 cm³/mol. The second-order valence-electron chi connectivity index (χ2n) is 3.51. The molecule has 0 bridgehead atoms. The number of hydrogen-bond donors (Lipinski definition) is 4. The maximum atomic E-state index is 8.74. The van der Waals surface area contributed by atoms with Gasteiger partial charge in [-0.05, 0) is 30.7 Å². The van der Waals surface area contributed by atoms with Gasteiger partial charge in [0.1, 0.15) is 12.4 Å². The molecule has 0 unspecified atom stereocenters. The van der Waals surface area contributed by atoms with Crippen molar-refractivity contribution in [1.82, 2.24) is 0 Å². The summed E-state index contributed by atoms with van der Waals surface area (Å²) in [5.74, 6) is 0.872. The summed E-state index contributed by atoms with van der Waals surface area (Å²) in [4.78, 5) is 3.81. The molecule has 6 N–H and O–H groups in total. The van der Waals surface area contributed by atoms with Gasteiger partial charge in [0.05, 0.1) is 6.54 Å². The predicted octanol–water partition coefficient (Wildman–Crippen LogP) is 0.648. The summed E-state index contributed by atoms with van der Waals surface area (Å²) in [5, 5.41) is 0.698. The average molecular weight is 326 g/mol. The molecule has 0 saturated heterocycles. The lowest BCUT2D eigenvalue weighted by Crippen LogP contribution is -2.23. The van der Waals surface area contributed by atoms with Gasteiger partial charge in [-0.1, -0.05) is 11.6 Å². The lowest BCUT2D eigenvalue weighted by Gasteiger charge is -2.07. The molecular formula is C10H16ClN3O5S. The second kappa shape index (κ2) is 8.59. The van der Waals surface area contributed by atoms with Crippen molar-refractivity contribution in [2.75, 3.05) is 13.2 Å². The Balaban J connectivity index is 0.000000621. The summed E-state index contributed by atoms with van der Waals surface area (Å²) < 4.78 is 37.0. The molecule has 0 spiro atoms. The number of halogens is 1. The Morgan fingerprint density at radius 1 is 1.40 bits per heavy atom. The standard InChI is InChI=1S/C10H14ClN3O.H2O4S/c1-7-6-8(11)2-3-9(7)15-5-4-14-10(12)13;1-5(2,3)4/h2-3,6H,4-5H2,1H3,(H4,12,13,14);(H2,1,2,3,4). The molecule has 1 aromatic rings. The molecule has 0 fully saturated rings. The van der Waals surface area contributed by atoms with E-state index in [1.54, 1.807) is 6.07 Å². The summed E-state index contributed by atoms with van der Waals surface area (Å²) in [6.07, 6.45) is 0. The van der Waals surface area contributed by atoms with Crippen LogP contribution in [-0.2, 0) is 10.4 Å². The van der Waals surface area contributed by atoms with Crippen LogP contribution in [0.4, 0.5) is 0 Å². The first kappa shape index (κ1) is 18.4. The first-order chi connectivity index (χ1) is 9.09. The highest BCUT2D eigenvalue weighted by molar-refractivity contribution is 7.79. The quantitative estimate of drug-likeness (QED) is 0.275. The molecule has 1 rings (SSSR count). The first-order valence-corrected chi connectivity index (χ1v) is 7.01. The van der Waals surface area contributed by atoms with Crippen LogP contribution in [0.15, 0.2) is 23.2 Å². The van der Waals surface area contributed by atoms with Gasteiger partial charge in [0.25, 0.3) is 0 Å². The highest BCUT2D eigenvalue weighted by Gasteiger charge is 1.99. The number of hydrogen-bond acceptors (Lipinski definition) is 4. The highest BCUT2D eigenvalue weighted by atomic mass is 35.5. The van der Waals surface area contributed by atoms with E-state index in [0.717, 1.165) is 11.3 Å². The number of aliphatic imine (C=N–C) groups is 1. The molecule has 20 heavy (non-hydrogen) atoms. The zero-order chi connectivity index (χ0) is 15.8. The van der Waals surface area contributed by atoms with Crippen molar-refractivity contribution in [2.45, 2.75) is 6.92 Å². The minimum absolute atomic E-state index is 0.0754. The lowest BCUT2D eigenvalue weighted by molar-refractivity contribution is 0.326. The van der Waals surface area contributed by atoms with Crippen LogP contribution in [0.2, 0.25) is 5.02 Å². The lowest BCUT2D eigenvalue weighted by atomic mass is 10.2. The Morgan fingerprint density at radius 2 is 1.95 bits per heavy atom. The van der Waals surface area contributed by atoms with Crippen LogP contribution in [0.1, 0.15) is 5.56 Å². The summed E-state index contributed by atoms with van der Waals surface area (Å²) >= 11 is 5.81. The van der Waals surface area contributed by atoms with Gasteiger partial charge in [0.2, 0.25) is 0 Å². The minimum Gasteiger partial charge on any atom is -0.491 e. The van der Waals surface area contributed by atoms with Crippen molar-refractivity contribution in [2.24, 2.45) is 16.5 Å². The van der Waals surface area contributed by atoms with Crippen LogP contribution in [0.3, 0.4) is 0 Å². The van der Waals surface area contributed by atoms with Crippen molar-refractivity contribution in [3.05, 3.63) is 28.8 Å². The van der Waals surface area contributed by atoms with E-state index in [9.17, 15) is 0 Å². The van der Waals surface area contributed by atoms with Gasteiger partial charge in [-0.15, -0.1) is 0 Å². The fourth-order valence-corrected chi connectivity index (χ4v) is 1.33. The molecule has 0 amide bonds. The second-order valence-corrected chi connectivity index (χ2v) is 4.84. The van der Waals surface area contributed by atoms with Gasteiger partial charge in [-0.3, -0.25) is 14.1 Å². The zero-order valence-corrected chi connectivity index (χ0v) is 12.2. The molecule has 0 aromatic heterocycles. The first-order valence-electron chi connectivity index (χ1n) is 5.24. The molecule has 10 heteroatoms. The molecule has 0 saturated carbocycles. The Bertz CT molecular complexity index is 550. The van der Waals surface area contributed by atoms with Crippen molar-refractivity contribution in [3.63, 3.8) is 0 Å². The highest BCUT2D eigenvalue weighted by Crippen LogP contribution is 2.21. The third kappa shape index (κ3) is 11.5. The fourth-order valence-electron chi connectivity index (χ4n) is 1.11. The molecule has 8 nitrogen and oxygen atoms in total. The number of ether oxygens (including phenoxy) is 1. The summed E-state index contributed by atoms with van der Waals surface area (Å²) in [5.41, 5.74) is 11.3. The topological polar surface area (TPSA) is 148 Å². The molecule has 0 aliphatic carbocycles. The monoisotopic (exact) mass is 325 g/mol. The van der Waals surface area contributed by atoms with Gasteiger partial charge >= 0.3 is 10.4 Å². The van der Waals surface area contributed by atoms with E-state index in [0.29, 0.717) is 18.2 Å². The number of nitrogens with two attached hydrogens (primary N) is 2. The number of benzene rings is 1. The Kier molecular flexibility index (Phi) is 7.92. The Labute approximate surface area is 122 Å². The fraction of sp³-hybridized carbons (Fsp3) is 0.300. The molecule has 0 atom stereocenters. The van der Waals surface area contributed by atoms with E-state index >= 15 is 0 Å². The molecule has 0 aliphatic rings. The van der Waals surface area contributed by atoms with Crippen LogP contribution < -0.4 is 16.2 Å². The van der Waals surface area contributed by atoms with Gasteiger partial charge in [0, 0.05) is 5.02 Å². The van der Waals surface area contributed by atoms with E-state index in [-0.39, 0.29) is 5.96 Å². The Hall–Kier alpha value is -1.55. The summed E-state index contributed by atoms with van der Waals surface area (Å²) in [6, 6.07) is 5.45. The normalized spacial score (nSPS) is 10.2. The van der Waals surface area contributed by atoms with Crippen LogP contribution in [0, 0.1) is 6.92 Å². The van der Waals surface area contributed by atoms with Crippen LogP contribution >= 0.6 is 11.6 Å². The van der Waals surface area contributed by atoms with E-state index in [1.165, 1.54) is 0 Å². The van der Waals surface area contributed by atoms with Crippen molar-refractivity contribution in [1.29, 1.82) is 0 Å². The molecule has 0 heterocycles. The van der Waals surface area contributed by atoms with Gasteiger partial charge in [0.15, 0.2) is 5.96 Å². The zero-order valence-electron chi connectivity index (χ0n) is 10.7. The van der Waals surface area contributed by atoms with E-state index < -0.39 is 10.4 Å². The molecule has 0 aliphatic heterocycles. The van der Waals surface area contributed by atoms with E-state index in [4.69, 9.17) is 45.3 Å². The van der Waals surface area contributed by atoms with Gasteiger partial charge in [-0.25, -0.2) is 0 Å². The van der Waals surface area contributed by atoms with Crippen molar-refractivity contribution >= 4 is 28.0 Å². The maximum absolute atomic E-state index is 8.74. The van der Waals surface area contributed by atoms with Crippen LogP contribution in [0.5, 0.6) is 5.75 Å². The molecular weight excluding hydrogens is 310 g/mol. The van der Waals surface area contributed by atoms with Gasteiger partial charge < -0.3 is 16.2 Å². The molecule has 114 valence electrons. The molecule has 0 radical (unpaired) electrons. The third-order valence-corrected chi connectivity index (χ3v) is 2.02. The average Bonchev–Trinajstić information content (AvgIpc) is 2.24. The summed E-state index contributed by atoms with van der Waals surface area (Å²) in [7, 11) is -4.67. The van der Waals surface area contributed by atoms with Crippen molar-refractivity contribution < 1.29 is 22.3 Å². The maximum Gasteiger partial charge on any atom is 0.394 e. The number of guanidine groups is 1. The summed E-state index contributed by atoms with van der Waals surface area (Å²) in [6.45, 7) is 2.83. The third-order valence-electron chi connectivity index (χ3n) is 1.78. The van der Waals surface area contributed by atoms with E-state index in [1.807, 2.05) is 19.1 Å². The van der Waals surface area contributed by atoms with Crippen LogP contribution in [0.25, 0.3) is 0 Å². The van der Waals surface area contributed by atoms with Gasteiger partial charge in [-0.2, -0.15) is 8.42 Å².